The second kappa shape index (κ2) is 6.20. The third kappa shape index (κ3) is 3.72. The van der Waals surface area contributed by atoms with Gasteiger partial charge in [0.05, 0.1) is 11.8 Å². The van der Waals surface area contributed by atoms with E-state index in [1.807, 2.05) is 13.8 Å². The van der Waals surface area contributed by atoms with Crippen LogP contribution in [0.15, 0.2) is 4.52 Å². The van der Waals surface area contributed by atoms with E-state index >= 15 is 0 Å². The van der Waals surface area contributed by atoms with E-state index in [0.717, 1.165) is 42.9 Å². The van der Waals surface area contributed by atoms with Crippen LogP contribution in [0.25, 0.3) is 0 Å². The lowest BCUT2D eigenvalue weighted by Crippen LogP contribution is -2.15. The maximum absolute atomic E-state index is 8.35. The second-order valence-corrected chi connectivity index (χ2v) is 3.59. The molecule has 15 heavy (non-hydrogen) atoms. The van der Waals surface area contributed by atoms with Crippen LogP contribution in [0.1, 0.15) is 36.3 Å². The summed E-state index contributed by atoms with van der Waals surface area (Å²) in [7, 11) is 0. The Morgan fingerprint density at radius 1 is 1.40 bits per heavy atom. The van der Waals surface area contributed by atoms with Crippen molar-refractivity contribution in [3.05, 3.63) is 17.0 Å². The van der Waals surface area contributed by atoms with E-state index in [9.17, 15) is 0 Å². The van der Waals surface area contributed by atoms with E-state index < -0.39 is 0 Å². The topological polar surface area (TPSA) is 61.9 Å². The van der Waals surface area contributed by atoms with Crippen LogP contribution in [-0.2, 0) is 6.54 Å². The minimum Gasteiger partial charge on any atom is -0.361 e. The number of nitrogens with one attached hydrogen (secondary N) is 1. The fourth-order valence-electron chi connectivity index (χ4n) is 1.42. The van der Waals surface area contributed by atoms with Crippen LogP contribution in [-0.4, -0.2) is 11.7 Å². The van der Waals surface area contributed by atoms with Crippen molar-refractivity contribution in [3.63, 3.8) is 0 Å². The molecule has 4 heteroatoms. The molecule has 0 amide bonds. The van der Waals surface area contributed by atoms with Gasteiger partial charge in [-0.3, -0.25) is 0 Å². The molecular formula is C11H17N3O. The number of unbranched alkanes of at least 4 members (excludes halogenated alkanes) is 2. The van der Waals surface area contributed by atoms with Crippen LogP contribution >= 0.6 is 0 Å². The van der Waals surface area contributed by atoms with Gasteiger partial charge in [0.1, 0.15) is 5.76 Å². The maximum Gasteiger partial charge on any atom is 0.138 e. The Morgan fingerprint density at radius 2 is 2.20 bits per heavy atom. The lowest BCUT2D eigenvalue weighted by Gasteiger charge is -2.02. The molecule has 0 spiro atoms. The van der Waals surface area contributed by atoms with Crippen molar-refractivity contribution in [2.75, 3.05) is 6.54 Å². The average molecular weight is 207 g/mol. The predicted molar refractivity (Wildman–Crippen MR) is 57.1 cm³/mol. The summed E-state index contributed by atoms with van der Waals surface area (Å²) in [5, 5.41) is 15.6. The second-order valence-electron chi connectivity index (χ2n) is 3.59. The van der Waals surface area contributed by atoms with Gasteiger partial charge in [0.2, 0.25) is 0 Å². The molecule has 0 saturated heterocycles. The summed E-state index contributed by atoms with van der Waals surface area (Å²) in [6.07, 6.45) is 2.65. The third-order valence-electron chi connectivity index (χ3n) is 2.38. The molecule has 0 radical (unpaired) electrons. The van der Waals surface area contributed by atoms with E-state index in [0.29, 0.717) is 6.42 Å². The molecular weight excluding hydrogens is 190 g/mol. The molecule has 82 valence electrons. The Kier molecular flexibility index (Phi) is 4.85. The van der Waals surface area contributed by atoms with Crippen LogP contribution in [0.5, 0.6) is 0 Å². The molecule has 0 aliphatic heterocycles. The molecule has 0 fully saturated rings. The molecule has 0 aliphatic carbocycles. The fourth-order valence-corrected chi connectivity index (χ4v) is 1.42. The number of hydrogen-bond donors (Lipinski definition) is 1. The summed E-state index contributed by atoms with van der Waals surface area (Å²) in [6.45, 7) is 5.61. The van der Waals surface area contributed by atoms with Crippen LogP contribution in [0.4, 0.5) is 0 Å². The third-order valence-corrected chi connectivity index (χ3v) is 2.38. The summed E-state index contributed by atoms with van der Waals surface area (Å²) in [4.78, 5) is 0. The quantitative estimate of drug-likeness (QED) is 0.725. The van der Waals surface area contributed by atoms with E-state index in [1.165, 1.54) is 0 Å². The zero-order valence-electron chi connectivity index (χ0n) is 9.34. The van der Waals surface area contributed by atoms with Gasteiger partial charge >= 0.3 is 0 Å². The normalized spacial score (nSPS) is 10.2. The van der Waals surface area contributed by atoms with Gasteiger partial charge in [0.25, 0.3) is 0 Å². The zero-order chi connectivity index (χ0) is 11.1. The first kappa shape index (κ1) is 11.7. The first-order chi connectivity index (χ1) is 7.25. The number of rotatable bonds is 6. The highest BCUT2D eigenvalue weighted by atomic mass is 16.5. The van der Waals surface area contributed by atoms with Gasteiger partial charge in [-0.15, -0.1) is 0 Å². The SMILES string of the molecule is Cc1noc(C)c1CNCCCCC#N. The number of nitrogens with zero attached hydrogens (tertiary/aromatic N) is 2. The number of hydrogen-bond acceptors (Lipinski definition) is 4. The summed E-state index contributed by atoms with van der Waals surface area (Å²) in [6, 6.07) is 2.14. The molecule has 1 aromatic heterocycles. The van der Waals surface area contributed by atoms with Crippen LogP contribution in [0.3, 0.4) is 0 Å². The molecule has 1 aromatic rings. The summed E-state index contributed by atoms with van der Waals surface area (Å²) >= 11 is 0. The molecule has 1 rings (SSSR count). The lowest BCUT2D eigenvalue weighted by molar-refractivity contribution is 0.392. The predicted octanol–water partition coefficient (Wildman–Crippen LogP) is 2.07. The van der Waals surface area contributed by atoms with E-state index in [4.69, 9.17) is 9.78 Å². The summed E-state index contributed by atoms with van der Waals surface area (Å²) in [5.74, 6) is 0.886. The van der Waals surface area contributed by atoms with E-state index in [1.54, 1.807) is 0 Å². The molecule has 0 aliphatic rings. The van der Waals surface area contributed by atoms with Gasteiger partial charge in [0, 0.05) is 18.5 Å². The summed E-state index contributed by atoms with van der Waals surface area (Å²) < 4.78 is 5.06. The standard InChI is InChI=1S/C11H17N3O/c1-9-11(10(2)15-14-9)8-13-7-5-3-4-6-12/h13H,3-5,7-8H2,1-2H3. The van der Waals surface area contributed by atoms with Gasteiger partial charge in [0.15, 0.2) is 0 Å². The highest BCUT2D eigenvalue weighted by Gasteiger charge is 2.07. The Hall–Kier alpha value is -1.34. The van der Waals surface area contributed by atoms with Crippen molar-refractivity contribution in [1.82, 2.24) is 10.5 Å². The van der Waals surface area contributed by atoms with Gasteiger partial charge in [-0.05, 0) is 33.2 Å². The van der Waals surface area contributed by atoms with Crippen molar-refractivity contribution < 1.29 is 4.52 Å². The molecule has 1 N–H and O–H groups in total. The Bertz CT molecular complexity index is 319. The molecule has 0 bridgehead atoms. The van der Waals surface area contributed by atoms with Gasteiger partial charge in [-0.2, -0.15) is 5.26 Å². The van der Waals surface area contributed by atoms with Crippen molar-refractivity contribution in [1.29, 1.82) is 5.26 Å². The highest BCUT2D eigenvalue weighted by Crippen LogP contribution is 2.11. The van der Waals surface area contributed by atoms with E-state index in [2.05, 4.69) is 16.5 Å². The van der Waals surface area contributed by atoms with Crippen LogP contribution in [0.2, 0.25) is 0 Å². The van der Waals surface area contributed by atoms with Crippen molar-refractivity contribution in [3.8, 4) is 6.07 Å². The molecule has 0 unspecified atom stereocenters. The lowest BCUT2D eigenvalue weighted by atomic mass is 10.2. The van der Waals surface area contributed by atoms with Gasteiger partial charge in [-0.25, -0.2) is 0 Å². The molecule has 0 atom stereocenters. The van der Waals surface area contributed by atoms with E-state index in [-0.39, 0.29) is 0 Å². The fraction of sp³-hybridized carbons (Fsp3) is 0.636. The molecule has 0 saturated carbocycles. The van der Waals surface area contributed by atoms with Crippen LogP contribution < -0.4 is 5.32 Å². The maximum atomic E-state index is 8.35. The van der Waals surface area contributed by atoms with Crippen molar-refractivity contribution in [2.24, 2.45) is 0 Å². The number of aryl methyl sites for hydroxylation is 2. The minimum atomic E-state index is 0.646. The van der Waals surface area contributed by atoms with Crippen molar-refractivity contribution >= 4 is 0 Å². The smallest absolute Gasteiger partial charge is 0.138 e. The average Bonchev–Trinajstić information content (AvgIpc) is 2.54. The molecule has 0 aromatic carbocycles. The Labute approximate surface area is 90.3 Å². The van der Waals surface area contributed by atoms with Crippen LogP contribution in [0, 0.1) is 25.2 Å². The largest absolute Gasteiger partial charge is 0.361 e. The zero-order valence-corrected chi connectivity index (χ0v) is 9.34. The molecule has 4 nitrogen and oxygen atoms in total. The van der Waals surface area contributed by atoms with Gasteiger partial charge in [-0.1, -0.05) is 5.16 Å². The first-order valence-electron chi connectivity index (χ1n) is 5.25. The number of nitriles is 1. The Morgan fingerprint density at radius 3 is 2.80 bits per heavy atom. The van der Waals surface area contributed by atoms with Crippen molar-refractivity contribution in [2.45, 2.75) is 39.7 Å². The molecule has 1 heterocycles. The minimum absolute atomic E-state index is 0.646. The van der Waals surface area contributed by atoms with Gasteiger partial charge < -0.3 is 9.84 Å². The first-order valence-corrected chi connectivity index (χ1v) is 5.25. The summed E-state index contributed by atoms with van der Waals surface area (Å²) in [5.41, 5.74) is 2.10. The Balaban J connectivity index is 2.18. The number of aromatic nitrogens is 1. The monoisotopic (exact) mass is 207 g/mol. The highest BCUT2D eigenvalue weighted by molar-refractivity contribution is 5.20.